The van der Waals surface area contributed by atoms with E-state index in [2.05, 4.69) is 10.3 Å². The minimum Gasteiger partial charge on any atom is -0.322 e. The van der Waals surface area contributed by atoms with E-state index in [-0.39, 0.29) is 17.6 Å². The maximum atomic E-state index is 11.4. The Labute approximate surface area is 82.8 Å². The zero-order valence-corrected chi connectivity index (χ0v) is 8.41. The summed E-state index contributed by atoms with van der Waals surface area (Å²) in [5, 5.41) is 2.55. The first-order chi connectivity index (χ1) is 6.56. The maximum Gasteiger partial charge on any atom is 0.259 e. The predicted molar refractivity (Wildman–Crippen MR) is 52.6 cm³/mol. The lowest BCUT2D eigenvalue weighted by Gasteiger charge is -2.21. The van der Waals surface area contributed by atoms with Crippen molar-refractivity contribution in [3.8, 4) is 0 Å². The summed E-state index contributed by atoms with van der Waals surface area (Å²) in [4.78, 5) is 26.6. The van der Waals surface area contributed by atoms with Crippen LogP contribution in [0.2, 0.25) is 0 Å². The highest BCUT2D eigenvalue weighted by Gasteiger charge is 2.31. The van der Waals surface area contributed by atoms with Gasteiger partial charge in [0.25, 0.3) is 5.91 Å². The van der Waals surface area contributed by atoms with E-state index in [4.69, 9.17) is 5.73 Å². The van der Waals surface area contributed by atoms with E-state index < -0.39 is 12.0 Å². The van der Waals surface area contributed by atoms with E-state index in [0.29, 0.717) is 6.42 Å². The second-order valence-corrected chi connectivity index (χ2v) is 3.45. The van der Waals surface area contributed by atoms with Gasteiger partial charge in [0.15, 0.2) is 0 Å². The van der Waals surface area contributed by atoms with E-state index in [9.17, 15) is 9.59 Å². The van der Waals surface area contributed by atoms with Crippen LogP contribution >= 0.6 is 0 Å². The monoisotopic (exact) mass is 197 g/mol. The molecule has 0 bridgehead atoms. The Morgan fingerprint density at radius 2 is 2.21 bits per heavy atom. The molecule has 0 spiro atoms. The van der Waals surface area contributed by atoms with E-state index in [0.717, 1.165) is 6.42 Å². The second kappa shape index (κ2) is 4.32. The van der Waals surface area contributed by atoms with Crippen molar-refractivity contribution in [2.45, 2.75) is 32.7 Å². The molecule has 1 aliphatic heterocycles. The molecule has 5 heteroatoms. The zero-order valence-electron chi connectivity index (χ0n) is 8.41. The van der Waals surface area contributed by atoms with Gasteiger partial charge < -0.3 is 11.1 Å². The van der Waals surface area contributed by atoms with E-state index >= 15 is 0 Å². The van der Waals surface area contributed by atoms with Crippen molar-refractivity contribution in [2.24, 2.45) is 16.6 Å². The molecule has 0 saturated heterocycles. The van der Waals surface area contributed by atoms with Crippen molar-refractivity contribution in [3.63, 3.8) is 0 Å². The molecule has 0 radical (unpaired) electrons. The smallest absolute Gasteiger partial charge is 0.259 e. The first-order valence-corrected chi connectivity index (χ1v) is 4.75. The SMILES string of the molecule is CCCC1C(=O)N=C(C(C)N)NC1=O. The molecular weight excluding hydrogens is 182 g/mol. The summed E-state index contributed by atoms with van der Waals surface area (Å²) in [5.41, 5.74) is 5.51. The van der Waals surface area contributed by atoms with Gasteiger partial charge in [-0.15, -0.1) is 0 Å². The topological polar surface area (TPSA) is 84.6 Å². The Morgan fingerprint density at radius 1 is 1.57 bits per heavy atom. The quantitative estimate of drug-likeness (QED) is 0.615. The molecule has 2 atom stereocenters. The number of aliphatic imine (C=N–C) groups is 1. The molecule has 2 amide bonds. The van der Waals surface area contributed by atoms with Crippen LogP contribution in [0, 0.1) is 5.92 Å². The third kappa shape index (κ3) is 2.17. The molecule has 0 aromatic carbocycles. The molecular formula is C9H15N3O2. The highest BCUT2D eigenvalue weighted by atomic mass is 16.2. The summed E-state index contributed by atoms with van der Waals surface area (Å²) in [6.45, 7) is 3.60. The van der Waals surface area contributed by atoms with Crippen LogP contribution < -0.4 is 11.1 Å². The van der Waals surface area contributed by atoms with Crippen molar-refractivity contribution in [1.82, 2.24) is 5.32 Å². The molecule has 0 aromatic heterocycles. The highest BCUT2D eigenvalue weighted by Crippen LogP contribution is 2.12. The molecule has 0 aromatic rings. The molecule has 78 valence electrons. The number of rotatable bonds is 3. The molecule has 5 nitrogen and oxygen atoms in total. The molecule has 0 aliphatic carbocycles. The van der Waals surface area contributed by atoms with Gasteiger partial charge in [-0.25, -0.2) is 0 Å². The third-order valence-corrected chi connectivity index (χ3v) is 2.11. The lowest BCUT2D eigenvalue weighted by molar-refractivity contribution is -0.133. The number of nitrogens with one attached hydrogen (secondary N) is 1. The standard InChI is InChI=1S/C9H15N3O2/c1-3-4-6-8(13)11-7(5(2)10)12-9(6)14/h5-6H,3-4,10H2,1-2H3,(H,11,12,13,14). The van der Waals surface area contributed by atoms with Crippen molar-refractivity contribution in [2.75, 3.05) is 0 Å². The number of carbonyl (C=O) groups is 2. The summed E-state index contributed by atoms with van der Waals surface area (Å²) in [6.07, 6.45) is 1.33. The van der Waals surface area contributed by atoms with Crippen molar-refractivity contribution >= 4 is 17.6 Å². The number of nitrogens with zero attached hydrogens (tertiary/aromatic N) is 1. The van der Waals surface area contributed by atoms with Crippen molar-refractivity contribution in [3.05, 3.63) is 0 Å². The summed E-state index contributed by atoms with van der Waals surface area (Å²) < 4.78 is 0. The fourth-order valence-corrected chi connectivity index (χ4v) is 1.31. The van der Waals surface area contributed by atoms with Gasteiger partial charge in [0, 0.05) is 0 Å². The average Bonchev–Trinajstić information content (AvgIpc) is 2.10. The van der Waals surface area contributed by atoms with Crippen molar-refractivity contribution < 1.29 is 9.59 Å². The first-order valence-electron chi connectivity index (χ1n) is 4.75. The third-order valence-electron chi connectivity index (χ3n) is 2.11. The highest BCUT2D eigenvalue weighted by molar-refractivity contribution is 6.16. The Morgan fingerprint density at radius 3 is 2.64 bits per heavy atom. The number of hydrogen-bond donors (Lipinski definition) is 2. The molecule has 14 heavy (non-hydrogen) atoms. The zero-order chi connectivity index (χ0) is 10.7. The number of nitrogens with two attached hydrogens (primary N) is 1. The fourth-order valence-electron chi connectivity index (χ4n) is 1.31. The Hall–Kier alpha value is -1.23. The van der Waals surface area contributed by atoms with Crippen LogP contribution in [0.25, 0.3) is 0 Å². The summed E-state index contributed by atoms with van der Waals surface area (Å²) in [5.74, 6) is -1.00. The van der Waals surface area contributed by atoms with Crippen LogP contribution in [0.4, 0.5) is 0 Å². The van der Waals surface area contributed by atoms with Crippen LogP contribution in [-0.4, -0.2) is 23.7 Å². The van der Waals surface area contributed by atoms with Gasteiger partial charge in [0.05, 0.1) is 6.04 Å². The van der Waals surface area contributed by atoms with Gasteiger partial charge in [-0.1, -0.05) is 13.3 Å². The summed E-state index contributed by atoms with van der Waals surface area (Å²) >= 11 is 0. The van der Waals surface area contributed by atoms with Gasteiger partial charge in [-0.3, -0.25) is 9.59 Å². The summed E-state index contributed by atoms with van der Waals surface area (Å²) in [6, 6.07) is -0.412. The van der Waals surface area contributed by atoms with Crippen LogP contribution in [0.5, 0.6) is 0 Å². The molecule has 3 N–H and O–H groups in total. The van der Waals surface area contributed by atoms with Gasteiger partial charge in [0.1, 0.15) is 11.8 Å². The number of carbonyl (C=O) groups excluding carboxylic acids is 2. The number of amides is 2. The normalized spacial score (nSPS) is 24.2. The first kappa shape index (κ1) is 10.8. The van der Waals surface area contributed by atoms with E-state index in [1.807, 2.05) is 6.92 Å². The van der Waals surface area contributed by atoms with Gasteiger partial charge in [0.2, 0.25) is 5.91 Å². The number of amidine groups is 1. The van der Waals surface area contributed by atoms with Crippen LogP contribution in [0.15, 0.2) is 4.99 Å². The van der Waals surface area contributed by atoms with Crippen molar-refractivity contribution in [1.29, 1.82) is 0 Å². The second-order valence-electron chi connectivity index (χ2n) is 3.45. The molecule has 0 fully saturated rings. The minimum absolute atomic E-state index is 0.271. The van der Waals surface area contributed by atoms with Gasteiger partial charge >= 0.3 is 0 Å². The van der Waals surface area contributed by atoms with Crippen LogP contribution in [0.1, 0.15) is 26.7 Å². The van der Waals surface area contributed by atoms with Gasteiger partial charge in [-0.2, -0.15) is 4.99 Å². The average molecular weight is 197 g/mol. The van der Waals surface area contributed by atoms with E-state index in [1.165, 1.54) is 0 Å². The fraction of sp³-hybridized carbons (Fsp3) is 0.667. The van der Waals surface area contributed by atoms with Gasteiger partial charge in [-0.05, 0) is 13.3 Å². The molecule has 1 aliphatic rings. The molecule has 0 saturated carbocycles. The molecule has 1 rings (SSSR count). The Balaban J connectivity index is 2.81. The maximum absolute atomic E-state index is 11.4. The lowest BCUT2D eigenvalue weighted by atomic mass is 10.0. The Kier molecular flexibility index (Phi) is 3.35. The largest absolute Gasteiger partial charge is 0.322 e. The van der Waals surface area contributed by atoms with E-state index in [1.54, 1.807) is 6.92 Å². The molecule has 2 unspecified atom stereocenters. The predicted octanol–water partition coefficient (Wildman–Crippen LogP) is -0.195. The number of hydrogen-bond acceptors (Lipinski definition) is 3. The lowest BCUT2D eigenvalue weighted by Crippen LogP contribution is -2.50. The van der Waals surface area contributed by atoms with Crippen LogP contribution in [-0.2, 0) is 9.59 Å². The minimum atomic E-state index is -0.623. The Bertz CT molecular complexity index is 284. The molecule has 1 heterocycles. The van der Waals surface area contributed by atoms with Crippen LogP contribution in [0.3, 0.4) is 0 Å². The summed E-state index contributed by atoms with van der Waals surface area (Å²) in [7, 11) is 0.